The van der Waals surface area contributed by atoms with Gasteiger partial charge < -0.3 is 5.32 Å². The van der Waals surface area contributed by atoms with E-state index in [0.29, 0.717) is 5.11 Å². The number of benzene rings is 1. The van der Waals surface area contributed by atoms with Gasteiger partial charge in [-0.1, -0.05) is 30.3 Å². The highest BCUT2D eigenvalue weighted by molar-refractivity contribution is 9.12. The zero-order chi connectivity index (χ0) is 14.9. The molecule has 0 aliphatic carbocycles. The van der Waals surface area contributed by atoms with Crippen molar-refractivity contribution in [1.29, 1.82) is 0 Å². The molecule has 0 bridgehead atoms. The SMILES string of the molecule is S=C(N/N=C/C(Br)=C\c1ccccc1)Nc1cccnc1. The second-order valence-corrected chi connectivity index (χ2v) is 5.33. The number of hydrogen-bond acceptors (Lipinski definition) is 3. The number of thiocarbonyl (C=S) groups is 1. The van der Waals surface area contributed by atoms with Crippen LogP contribution < -0.4 is 10.7 Å². The molecule has 4 nitrogen and oxygen atoms in total. The van der Waals surface area contributed by atoms with Crippen LogP contribution in [0.1, 0.15) is 5.56 Å². The van der Waals surface area contributed by atoms with Gasteiger partial charge in [0.15, 0.2) is 5.11 Å². The van der Waals surface area contributed by atoms with E-state index >= 15 is 0 Å². The van der Waals surface area contributed by atoms with Crippen LogP contribution in [0.5, 0.6) is 0 Å². The van der Waals surface area contributed by atoms with Crippen molar-refractivity contribution in [3.63, 3.8) is 0 Å². The first-order valence-corrected chi connectivity index (χ1v) is 7.36. The summed E-state index contributed by atoms with van der Waals surface area (Å²) in [5.74, 6) is 0. The number of halogens is 1. The fourth-order valence-corrected chi connectivity index (χ4v) is 2.03. The number of nitrogens with zero attached hydrogens (tertiary/aromatic N) is 2. The first kappa shape index (κ1) is 15.3. The van der Waals surface area contributed by atoms with Crippen LogP contribution in [0, 0.1) is 0 Å². The average Bonchev–Trinajstić information content (AvgIpc) is 2.49. The minimum absolute atomic E-state index is 0.402. The minimum atomic E-state index is 0.402. The summed E-state index contributed by atoms with van der Waals surface area (Å²) in [5, 5.41) is 7.43. The molecular formula is C15H13BrN4S. The summed E-state index contributed by atoms with van der Waals surface area (Å²) >= 11 is 8.55. The summed E-state index contributed by atoms with van der Waals surface area (Å²) < 4.78 is 0.838. The molecule has 0 fully saturated rings. The second kappa shape index (κ2) is 8.28. The molecule has 0 aliphatic rings. The van der Waals surface area contributed by atoms with Crippen LogP contribution in [0.4, 0.5) is 5.69 Å². The third kappa shape index (κ3) is 5.85. The predicted octanol–water partition coefficient (Wildman–Crippen LogP) is 3.79. The second-order valence-electron chi connectivity index (χ2n) is 4.01. The van der Waals surface area contributed by atoms with E-state index in [1.165, 1.54) is 0 Å². The molecule has 0 amide bonds. The lowest BCUT2D eigenvalue weighted by Crippen LogP contribution is -2.23. The van der Waals surface area contributed by atoms with E-state index in [9.17, 15) is 0 Å². The van der Waals surface area contributed by atoms with E-state index in [4.69, 9.17) is 12.2 Å². The molecule has 0 aliphatic heterocycles. The zero-order valence-electron chi connectivity index (χ0n) is 11.0. The minimum Gasteiger partial charge on any atom is -0.330 e. The third-order valence-corrected chi connectivity index (χ3v) is 3.00. The number of hydrazone groups is 1. The van der Waals surface area contributed by atoms with Gasteiger partial charge in [0.05, 0.1) is 18.1 Å². The molecule has 21 heavy (non-hydrogen) atoms. The molecule has 106 valence electrons. The lowest BCUT2D eigenvalue weighted by Gasteiger charge is -2.05. The van der Waals surface area contributed by atoms with E-state index in [1.807, 2.05) is 48.5 Å². The quantitative estimate of drug-likeness (QED) is 0.494. The summed E-state index contributed by atoms with van der Waals surface area (Å²) in [5.41, 5.74) is 4.64. The molecule has 2 aromatic rings. The molecular weight excluding hydrogens is 348 g/mol. The van der Waals surface area contributed by atoms with Crippen molar-refractivity contribution in [2.45, 2.75) is 0 Å². The summed E-state index contributed by atoms with van der Waals surface area (Å²) in [6.45, 7) is 0. The highest BCUT2D eigenvalue weighted by Gasteiger charge is 1.95. The Labute approximate surface area is 137 Å². The Bertz CT molecular complexity index is 641. The summed E-state index contributed by atoms with van der Waals surface area (Å²) in [4.78, 5) is 3.99. The van der Waals surface area contributed by atoms with Crippen molar-refractivity contribution in [2.24, 2.45) is 5.10 Å². The maximum absolute atomic E-state index is 5.12. The van der Waals surface area contributed by atoms with Gasteiger partial charge in [0.25, 0.3) is 0 Å². The Balaban J connectivity index is 1.84. The van der Waals surface area contributed by atoms with Crippen LogP contribution in [0.15, 0.2) is 64.4 Å². The van der Waals surface area contributed by atoms with E-state index < -0.39 is 0 Å². The van der Waals surface area contributed by atoms with E-state index in [2.05, 4.69) is 36.8 Å². The summed E-state index contributed by atoms with van der Waals surface area (Å²) in [7, 11) is 0. The molecule has 1 aromatic heterocycles. The lowest BCUT2D eigenvalue weighted by atomic mass is 10.2. The van der Waals surface area contributed by atoms with Gasteiger partial charge >= 0.3 is 0 Å². The number of aromatic nitrogens is 1. The average molecular weight is 361 g/mol. The molecule has 1 heterocycles. The number of nitrogens with one attached hydrogen (secondary N) is 2. The van der Waals surface area contributed by atoms with Gasteiger partial charge in [-0.2, -0.15) is 5.10 Å². The molecule has 6 heteroatoms. The van der Waals surface area contributed by atoms with Crippen LogP contribution >= 0.6 is 28.1 Å². The first-order chi connectivity index (χ1) is 10.2. The lowest BCUT2D eigenvalue weighted by molar-refractivity contribution is 1.05. The fourth-order valence-electron chi connectivity index (χ4n) is 1.49. The number of pyridine rings is 1. The van der Waals surface area contributed by atoms with Gasteiger partial charge in [0, 0.05) is 10.7 Å². The Morgan fingerprint density at radius 2 is 2.00 bits per heavy atom. The van der Waals surface area contributed by atoms with E-state index in [0.717, 1.165) is 15.7 Å². The van der Waals surface area contributed by atoms with Crippen molar-refractivity contribution in [1.82, 2.24) is 10.4 Å². The normalized spacial score (nSPS) is 11.4. The summed E-state index contributed by atoms with van der Waals surface area (Å²) in [6, 6.07) is 13.7. The fraction of sp³-hybridized carbons (Fsp3) is 0. The number of anilines is 1. The Morgan fingerprint density at radius 1 is 1.19 bits per heavy atom. The smallest absolute Gasteiger partial charge is 0.191 e. The van der Waals surface area contributed by atoms with Gasteiger partial charge in [-0.3, -0.25) is 10.4 Å². The molecule has 0 saturated carbocycles. The topological polar surface area (TPSA) is 49.3 Å². The van der Waals surface area contributed by atoms with Crippen molar-refractivity contribution in [3.8, 4) is 0 Å². The predicted molar refractivity (Wildman–Crippen MR) is 95.4 cm³/mol. The van der Waals surface area contributed by atoms with Gasteiger partial charge in [-0.05, 0) is 51.9 Å². The number of allylic oxidation sites excluding steroid dienone is 1. The Hall–Kier alpha value is -2.05. The van der Waals surface area contributed by atoms with E-state index in [1.54, 1.807) is 18.6 Å². The van der Waals surface area contributed by atoms with Crippen LogP contribution in [0.2, 0.25) is 0 Å². The Morgan fingerprint density at radius 3 is 2.71 bits per heavy atom. The molecule has 0 unspecified atom stereocenters. The van der Waals surface area contributed by atoms with Gasteiger partial charge in [-0.15, -0.1) is 0 Å². The highest BCUT2D eigenvalue weighted by Crippen LogP contribution is 2.09. The van der Waals surface area contributed by atoms with Crippen LogP contribution in [0.3, 0.4) is 0 Å². The number of rotatable bonds is 4. The highest BCUT2D eigenvalue weighted by atomic mass is 79.9. The van der Waals surface area contributed by atoms with Crippen molar-refractivity contribution >= 4 is 51.2 Å². The van der Waals surface area contributed by atoms with Crippen LogP contribution in [-0.4, -0.2) is 16.3 Å². The van der Waals surface area contributed by atoms with Gasteiger partial charge in [0.2, 0.25) is 0 Å². The first-order valence-electron chi connectivity index (χ1n) is 6.16. The maximum atomic E-state index is 5.12. The monoisotopic (exact) mass is 360 g/mol. The van der Waals surface area contributed by atoms with Gasteiger partial charge in [-0.25, -0.2) is 0 Å². The molecule has 0 atom stereocenters. The van der Waals surface area contributed by atoms with Crippen LogP contribution in [-0.2, 0) is 0 Å². The number of hydrogen-bond donors (Lipinski definition) is 2. The molecule has 0 saturated heterocycles. The molecule has 2 rings (SSSR count). The summed E-state index contributed by atoms with van der Waals surface area (Å²) in [6.07, 6.45) is 6.99. The van der Waals surface area contributed by atoms with Crippen LogP contribution in [0.25, 0.3) is 6.08 Å². The Kier molecular flexibility index (Phi) is 6.05. The van der Waals surface area contributed by atoms with Crippen molar-refractivity contribution in [3.05, 3.63) is 64.9 Å². The molecule has 1 aromatic carbocycles. The van der Waals surface area contributed by atoms with Gasteiger partial charge in [0.1, 0.15) is 0 Å². The maximum Gasteiger partial charge on any atom is 0.191 e. The van der Waals surface area contributed by atoms with Crippen molar-refractivity contribution in [2.75, 3.05) is 5.32 Å². The molecule has 0 spiro atoms. The van der Waals surface area contributed by atoms with Crippen molar-refractivity contribution < 1.29 is 0 Å². The van der Waals surface area contributed by atoms with E-state index in [-0.39, 0.29) is 0 Å². The third-order valence-electron chi connectivity index (χ3n) is 2.38. The molecule has 0 radical (unpaired) electrons. The molecule has 2 N–H and O–H groups in total. The zero-order valence-corrected chi connectivity index (χ0v) is 13.4. The standard InChI is InChI=1S/C15H13BrN4S/c16-13(9-12-5-2-1-3-6-12)10-18-20-15(21)19-14-7-4-8-17-11-14/h1-11H,(H2,19,20,21)/b13-9+,18-10+. The largest absolute Gasteiger partial charge is 0.330 e.